The summed E-state index contributed by atoms with van der Waals surface area (Å²) >= 11 is 12.1. The Kier molecular flexibility index (Phi) is 8.38. The molecule has 0 fully saturated rings. The van der Waals surface area contributed by atoms with Crippen molar-refractivity contribution in [2.45, 2.75) is 19.3 Å². The minimum absolute atomic E-state index is 0.0340. The van der Waals surface area contributed by atoms with Crippen LogP contribution in [0.4, 0.5) is 4.39 Å². The van der Waals surface area contributed by atoms with Crippen molar-refractivity contribution >= 4 is 34.9 Å². The highest BCUT2D eigenvalue weighted by Gasteiger charge is 2.23. The van der Waals surface area contributed by atoms with E-state index < -0.39 is 17.7 Å². The Morgan fingerprint density at radius 3 is 2.49 bits per heavy atom. The van der Waals surface area contributed by atoms with Crippen LogP contribution in [-0.2, 0) is 7.05 Å². The molecular weight excluding hydrogens is 546 g/mol. The number of aromatic nitrogens is 1. The van der Waals surface area contributed by atoms with Crippen molar-refractivity contribution in [3.05, 3.63) is 127 Å². The summed E-state index contributed by atoms with van der Waals surface area (Å²) in [7, 11) is 1.59. The number of rotatable bonds is 8. The highest BCUT2D eigenvalue weighted by molar-refractivity contribution is 6.33. The van der Waals surface area contributed by atoms with E-state index in [4.69, 9.17) is 27.9 Å². The van der Waals surface area contributed by atoms with Gasteiger partial charge >= 0.3 is 5.97 Å². The molecule has 10 heteroatoms. The molecule has 1 heterocycles. The van der Waals surface area contributed by atoms with Gasteiger partial charge in [0.1, 0.15) is 5.75 Å². The standard InChI is InChI=1S/C29H23Cl2FN2O5/c1-16-11-19(30)5-7-21(16)22(14-26(33-38)18-4-10-28(35)34(2)15-18)17-3-9-27(25(32)12-17)39-20-6-8-24(31)23(13-20)29(36)37/h3-13,15,22,38H,14H2,1-2H3,(H,36,37)/b33-26+. The van der Waals surface area contributed by atoms with E-state index in [-0.39, 0.29) is 34.1 Å². The van der Waals surface area contributed by atoms with E-state index in [1.807, 2.05) is 13.0 Å². The molecule has 0 spiro atoms. The number of carboxylic acid groups (broad SMARTS) is 1. The lowest BCUT2D eigenvalue weighted by molar-refractivity contribution is 0.0696. The molecule has 0 amide bonds. The molecule has 0 aliphatic heterocycles. The molecule has 1 aromatic heterocycles. The van der Waals surface area contributed by atoms with Gasteiger partial charge in [-0.05, 0) is 72.1 Å². The van der Waals surface area contributed by atoms with Crippen molar-refractivity contribution in [1.82, 2.24) is 4.57 Å². The molecule has 200 valence electrons. The van der Waals surface area contributed by atoms with E-state index in [9.17, 15) is 19.9 Å². The van der Waals surface area contributed by atoms with Crippen molar-refractivity contribution in [3.63, 3.8) is 0 Å². The third-order valence-corrected chi connectivity index (χ3v) is 6.86. The Labute approximate surface area is 233 Å². The Morgan fingerprint density at radius 1 is 1.08 bits per heavy atom. The zero-order valence-electron chi connectivity index (χ0n) is 20.9. The Bertz CT molecular complexity index is 1650. The van der Waals surface area contributed by atoms with Gasteiger partial charge in [-0.1, -0.05) is 40.5 Å². The number of nitrogens with zero attached hydrogens (tertiary/aromatic N) is 2. The molecule has 3 aromatic carbocycles. The van der Waals surface area contributed by atoms with Crippen LogP contribution in [0.5, 0.6) is 11.5 Å². The molecule has 2 N–H and O–H groups in total. The fourth-order valence-corrected chi connectivity index (χ4v) is 4.71. The third kappa shape index (κ3) is 6.30. The van der Waals surface area contributed by atoms with Crippen LogP contribution in [0.25, 0.3) is 0 Å². The number of oxime groups is 1. The van der Waals surface area contributed by atoms with Gasteiger partial charge in [0.25, 0.3) is 0 Å². The molecule has 7 nitrogen and oxygen atoms in total. The normalized spacial score (nSPS) is 12.3. The number of hydrogen-bond donors (Lipinski definition) is 2. The fourth-order valence-electron chi connectivity index (χ4n) is 4.29. The Hall–Kier alpha value is -4.14. The maximum atomic E-state index is 15.3. The van der Waals surface area contributed by atoms with E-state index in [2.05, 4.69) is 5.16 Å². The molecule has 0 bridgehead atoms. The van der Waals surface area contributed by atoms with Crippen molar-refractivity contribution in [3.8, 4) is 11.5 Å². The molecule has 0 radical (unpaired) electrons. The first-order chi connectivity index (χ1) is 18.6. The number of pyridine rings is 1. The Balaban J connectivity index is 1.72. The Morgan fingerprint density at radius 2 is 1.85 bits per heavy atom. The minimum atomic E-state index is -1.23. The van der Waals surface area contributed by atoms with Crippen LogP contribution in [-0.4, -0.2) is 26.6 Å². The van der Waals surface area contributed by atoms with Crippen LogP contribution < -0.4 is 10.3 Å². The number of aromatic carboxylic acids is 1. The number of aryl methyl sites for hydroxylation is 2. The second-order valence-electron chi connectivity index (χ2n) is 8.91. The third-order valence-electron chi connectivity index (χ3n) is 6.30. The lowest BCUT2D eigenvalue weighted by Crippen LogP contribution is -2.18. The van der Waals surface area contributed by atoms with Crippen LogP contribution in [0.1, 0.15) is 45.0 Å². The maximum absolute atomic E-state index is 15.3. The van der Waals surface area contributed by atoms with Crippen LogP contribution in [0.2, 0.25) is 10.0 Å². The summed E-state index contributed by atoms with van der Waals surface area (Å²) in [6.07, 6.45) is 1.74. The molecule has 39 heavy (non-hydrogen) atoms. The van der Waals surface area contributed by atoms with Crippen LogP contribution >= 0.6 is 23.2 Å². The van der Waals surface area contributed by atoms with Gasteiger partial charge in [0.2, 0.25) is 5.56 Å². The summed E-state index contributed by atoms with van der Waals surface area (Å²) in [5, 5.41) is 23.2. The molecule has 1 atom stereocenters. The van der Waals surface area contributed by atoms with Gasteiger partial charge in [0, 0.05) is 42.2 Å². The second-order valence-corrected chi connectivity index (χ2v) is 9.75. The number of carboxylic acids is 1. The van der Waals surface area contributed by atoms with E-state index in [0.29, 0.717) is 21.9 Å². The zero-order chi connectivity index (χ0) is 28.3. The average molecular weight is 569 g/mol. The number of halogens is 3. The molecule has 1 unspecified atom stereocenters. The largest absolute Gasteiger partial charge is 0.478 e. The number of benzene rings is 3. The molecule has 4 aromatic rings. The fraction of sp³-hybridized carbons (Fsp3) is 0.138. The van der Waals surface area contributed by atoms with Crippen LogP contribution in [0, 0.1) is 12.7 Å². The van der Waals surface area contributed by atoms with Crippen molar-refractivity contribution < 1.29 is 24.2 Å². The smallest absolute Gasteiger partial charge is 0.337 e. The first kappa shape index (κ1) is 27.9. The monoisotopic (exact) mass is 568 g/mol. The lowest BCUT2D eigenvalue weighted by Gasteiger charge is -2.22. The summed E-state index contributed by atoms with van der Waals surface area (Å²) in [5.74, 6) is -2.37. The summed E-state index contributed by atoms with van der Waals surface area (Å²) in [5.41, 5.74) is 2.71. The second kappa shape index (κ2) is 11.7. The molecule has 4 rings (SSSR count). The van der Waals surface area contributed by atoms with Crippen LogP contribution in [0.3, 0.4) is 0 Å². The van der Waals surface area contributed by atoms with Crippen molar-refractivity contribution in [1.29, 1.82) is 0 Å². The zero-order valence-corrected chi connectivity index (χ0v) is 22.4. The average Bonchev–Trinajstić information content (AvgIpc) is 2.89. The number of ether oxygens (including phenoxy) is 1. The minimum Gasteiger partial charge on any atom is -0.478 e. The van der Waals surface area contributed by atoms with E-state index >= 15 is 4.39 Å². The summed E-state index contributed by atoms with van der Waals surface area (Å²) in [4.78, 5) is 23.2. The van der Waals surface area contributed by atoms with Crippen LogP contribution in [0.15, 0.2) is 82.9 Å². The predicted octanol–water partition coefficient (Wildman–Crippen LogP) is 7.03. The van der Waals surface area contributed by atoms with Gasteiger partial charge in [-0.3, -0.25) is 4.79 Å². The highest BCUT2D eigenvalue weighted by Crippen LogP contribution is 2.36. The highest BCUT2D eigenvalue weighted by atomic mass is 35.5. The van der Waals surface area contributed by atoms with Gasteiger partial charge in [-0.25, -0.2) is 9.18 Å². The van der Waals surface area contributed by atoms with Crippen molar-refractivity contribution in [2.24, 2.45) is 12.2 Å². The SMILES string of the molecule is Cc1cc(Cl)ccc1C(C/C(=N\O)c1ccc(=O)n(C)c1)c1ccc(Oc2ccc(Cl)c(C(=O)O)c2)c(F)c1. The summed E-state index contributed by atoms with van der Waals surface area (Å²) < 4.78 is 22.3. The van der Waals surface area contributed by atoms with Gasteiger partial charge in [-0.2, -0.15) is 0 Å². The van der Waals surface area contributed by atoms with E-state index in [1.165, 1.54) is 41.0 Å². The first-order valence-electron chi connectivity index (χ1n) is 11.7. The molecule has 0 aliphatic carbocycles. The maximum Gasteiger partial charge on any atom is 0.337 e. The number of hydrogen-bond acceptors (Lipinski definition) is 5. The first-order valence-corrected chi connectivity index (χ1v) is 12.5. The predicted molar refractivity (Wildman–Crippen MR) is 148 cm³/mol. The molecular formula is C29H23Cl2FN2O5. The summed E-state index contributed by atoms with van der Waals surface area (Å²) in [6, 6.07) is 16.8. The van der Waals surface area contributed by atoms with Gasteiger partial charge in [-0.15, -0.1) is 0 Å². The molecule has 0 saturated carbocycles. The van der Waals surface area contributed by atoms with Gasteiger partial charge in [0.05, 0.1) is 16.3 Å². The molecule has 0 saturated heterocycles. The van der Waals surface area contributed by atoms with Crippen molar-refractivity contribution in [2.75, 3.05) is 0 Å². The summed E-state index contributed by atoms with van der Waals surface area (Å²) in [6.45, 7) is 1.88. The lowest BCUT2D eigenvalue weighted by atomic mass is 9.83. The van der Waals surface area contributed by atoms with E-state index in [1.54, 1.807) is 37.5 Å². The quantitative estimate of drug-likeness (QED) is 0.135. The van der Waals surface area contributed by atoms with Gasteiger partial charge in [0.15, 0.2) is 11.6 Å². The molecule has 0 aliphatic rings. The van der Waals surface area contributed by atoms with Gasteiger partial charge < -0.3 is 19.6 Å². The van der Waals surface area contributed by atoms with E-state index in [0.717, 1.165) is 11.1 Å². The number of carbonyl (C=O) groups is 1. The topological polar surface area (TPSA) is 101 Å².